The molecule has 0 aromatic heterocycles. The third kappa shape index (κ3) is 7.85. The van der Waals surface area contributed by atoms with Gasteiger partial charge in [0.25, 0.3) is 5.24 Å². The summed E-state index contributed by atoms with van der Waals surface area (Å²) in [5, 5.41) is 2.55. The molecule has 0 aliphatic carbocycles. The summed E-state index contributed by atoms with van der Waals surface area (Å²) in [5.74, 6) is 0.604. The molecular formula is C25H25F6N3O2S. The molecule has 0 saturated carbocycles. The Kier molecular flexibility index (Phi) is 9.59. The molecule has 1 fully saturated rings. The van der Waals surface area contributed by atoms with Crippen LogP contribution in [0.4, 0.5) is 36.8 Å². The molecule has 3 rings (SSSR count). The fraction of sp³-hybridized carbons (Fsp3) is 0.320. The van der Waals surface area contributed by atoms with Gasteiger partial charge in [-0.1, -0.05) is 19.1 Å². The van der Waals surface area contributed by atoms with Crippen molar-refractivity contribution in [3.05, 3.63) is 69.1 Å². The van der Waals surface area contributed by atoms with E-state index in [1.54, 1.807) is 14.0 Å². The molecule has 2 aromatic carbocycles. The van der Waals surface area contributed by atoms with E-state index in [4.69, 9.17) is 0 Å². The lowest BCUT2D eigenvalue weighted by molar-refractivity contribution is -0.143. The van der Waals surface area contributed by atoms with E-state index in [9.17, 15) is 35.9 Å². The van der Waals surface area contributed by atoms with Gasteiger partial charge in [-0.3, -0.25) is 14.6 Å². The number of amidine groups is 1. The molecule has 5 nitrogen and oxygen atoms in total. The maximum Gasteiger partial charge on any atom is 0.416 e. The molecule has 2 aromatic rings. The standard InChI is InChI=1S/C15H17N3O2S.C10H8F6/c1-9(19)11-6-5-10(7-12(11)18(3)4)8-13-14(16-2)17-15(20)21-13;1-2-6-3-4-7(9(11,12)13)5-8(6)10(14,15)16/h5-8H,1-4H3,(H,16,17,20);3-5H,2H2,1H3/b13-8-;. The van der Waals surface area contributed by atoms with Crippen LogP contribution in [0.5, 0.6) is 0 Å². The highest BCUT2D eigenvalue weighted by atomic mass is 32.2. The number of alkyl halides is 6. The first-order chi connectivity index (χ1) is 17.1. The molecule has 37 heavy (non-hydrogen) atoms. The van der Waals surface area contributed by atoms with E-state index in [1.807, 2.05) is 43.3 Å². The van der Waals surface area contributed by atoms with E-state index in [1.165, 1.54) is 6.92 Å². The first-order valence-corrected chi connectivity index (χ1v) is 11.7. The van der Waals surface area contributed by atoms with Crippen molar-refractivity contribution >= 4 is 40.4 Å². The molecule has 1 saturated heterocycles. The summed E-state index contributed by atoms with van der Waals surface area (Å²) in [6, 6.07) is 7.29. The summed E-state index contributed by atoms with van der Waals surface area (Å²) in [6.07, 6.45) is -7.59. The van der Waals surface area contributed by atoms with Gasteiger partial charge in [0, 0.05) is 32.4 Å². The first-order valence-electron chi connectivity index (χ1n) is 10.9. The Balaban J connectivity index is 0.000000271. The number of aliphatic imine (C=N–C) groups is 1. The minimum Gasteiger partial charge on any atom is -0.377 e. The number of rotatable bonds is 4. The highest BCUT2D eigenvalue weighted by Gasteiger charge is 2.37. The molecule has 1 N–H and O–H groups in total. The van der Waals surface area contributed by atoms with Crippen molar-refractivity contribution in [3.63, 3.8) is 0 Å². The van der Waals surface area contributed by atoms with Crippen LogP contribution >= 0.6 is 11.8 Å². The van der Waals surface area contributed by atoms with Crippen LogP contribution in [0.15, 0.2) is 46.3 Å². The zero-order chi connectivity index (χ0) is 28.1. The number of ketones is 1. The van der Waals surface area contributed by atoms with E-state index < -0.39 is 23.5 Å². The van der Waals surface area contributed by atoms with E-state index in [-0.39, 0.29) is 29.1 Å². The number of nitrogens with zero attached hydrogens (tertiary/aromatic N) is 2. The third-order valence-electron chi connectivity index (χ3n) is 5.18. The SMILES string of the molecule is CCc1ccc(C(F)(F)F)cc1C(F)(F)F.CN=C1NC(=O)S/C1=C\c1ccc(C(C)=O)c(N(C)C)c1. The lowest BCUT2D eigenvalue weighted by Crippen LogP contribution is -2.18. The molecule has 0 radical (unpaired) electrons. The minimum absolute atomic E-state index is 0.0285. The van der Waals surface area contributed by atoms with Gasteiger partial charge in [0.15, 0.2) is 5.78 Å². The monoisotopic (exact) mass is 545 g/mol. The van der Waals surface area contributed by atoms with Crippen molar-refractivity contribution < 1.29 is 35.9 Å². The summed E-state index contributed by atoms with van der Waals surface area (Å²) in [7, 11) is 5.43. The van der Waals surface area contributed by atoms with Crippen molar-refractivity contribution in [3.8, 4) is 0 Å². The zero-order valence-corrected chi connectivity index (χ0v) is 21.5. The molecule has 12 heteroatoms. The van der Waals surface area contributed by atoms with Gasteiger partial charge in [0.2, 0.25) is 0 Å². The smallest absolute Gasteiger partial charge is 0.377 e. The number of benzene rings is 2. The maximum absolute atomic E-state index is 12.4. The maximum atomic E-state index is 12.4. The Bertz CT molecular complexity index is 1230. The molecule has 0 unspecified atom stereocenters. The van der Waals surface area contributed by atoms with Crippen molar-refractivity contribution in [1.29, 1.82) is 0 Å². The van der Waals surface area contributed by atoms with E-state index in [0.717, 1.165) is 34.0 Å². The number of carbonyl (C=O) groups is 2. The molecule has 1 heterocycles. The lowest BCUT2D eigenvalue weighted by Gasteiger charge is -2.16. The van der Waals surface area contributed by atoms with Gasteiger partial charge in [-0.15, -0.1) is 0 Å². The third-order valence-corrected chi connectivity index (χ3v) is 6.00. The summed E-state index contributed by atoms with van der Waals surface area (Å²) in [5.41, 5.74) is -0.180. The number of aryl methyl sites for hydroxylation is 1. The highest BCUT2D eigenvalue weighted by Crippen LogP contribution is 2.37. The topological polar surface area (TPSA) is 61.8 Å². The average Bonchev–Trinajstić information content (AvgIpc) is 3.16. The number of halogens is 6. The van der Waals surface area contributed by atoms with Crippen molar-refractivity contribution in [2.24, 2.45) is 4.99 Å². The van der Waals surface area contributed by atoms with Crippen LogP contribution in [-0.2, 0) is 18.8 Å². The number of hydrogen-bond acceptors (Lipinski definition) is 5. The van der Waals surface area contributed by atoms with Crippen LogP contribution in [0.3, 0.4) is 0 Å². The van der Waals surface area contributed by atoms with Gasteiger partial charge in [-0.25, -0.2) is 0 Å². The molecule has 1 aliphatic rings. The fourth-order valence-electron chi connectivity index (χ4n) is 3.38. The molecule has 1 aliphatic heterocycles. The van der Waals surface area contributed by atoms with Crippen molar-refractivity contribution in [1.82, 2.24) is 5.32 Å². The Hall–Kier alpha value is -3.28. The second-order valence-electron chi connectivity index (χ2n) is 8.04. The Labute approximate surface area is 214 Å². The second kappa shape index (κ2) is 11.8. The number of hydrogen-bond donors (Lipinski definition) is 1. The number of carbonyl (C=O) groups excluding carboxylic acids is 2. The van der Waals surface area contributed by atoms with Gasteiger partial charge in [0.1, 0.15) is 5.84 Å². The van der Waals surface area contributed by atoms with Crippen molar-refractivity contribution in [2.45, 2.75) is 32.6 Å². The molecular weight excluding hydrogens is 520 g/mol. The van der Waals surface area contributed by atoms with Crippen LogP contribution in [-0.4, -0.2) is 38.0 Å². The van der Waals surface area contributed by atoms with E-state index >= 15 is 0 Å². The quantitative estimate of drug-likeness (QED) is 0.330. The van der Waals surface area contributed by atoms with Crippen LogP contribution < -0.4 is 10.2 Å². The fourth-order valence-corrected chi connectivity index (χ4v) is 4.16. The largest absolute Gasteiger partial charge is 0.416 e. The summed E-state index contributed by atoms with van der Waals surface area (Å²) < 4.78 is 74.0. The van der Waals surface area contributed by atoms with Gasteiger partial charge < -0.3 is 10.2 Å². The molecule has 0 spiro atoms. The predicted molar refractivity (Wildman–Crippen MR) is 134 cm³/mol. The molecule has 0 atom stereocenters. The summed E-state index contributed by atoms with van der Waals surface area (Å²) in [6.45, 7) is 3.01. The number of thioether (sulfide) groups is 1. The second-order valence-corrected chi connectivity index (χ2v) is 9.06. The van der Waals surface area contributed by atoms with E-state index in [2.05, 4.69) is 10.3 Å². The lowest BCUT2D eigenvalue weighted by atomic mass is 10.0. The van der Waals surface area contributed by atoms with Gasteiger partial charge >= 0.3 is 12.4 Å². The van der Waals surface area contributed by atoms with Gasteiger partial charge in [-0.2, -0.15) is 26.3 Å². The number of anilines is 1. The summed E-state index contributed by atoms with van der Waals surface area (Å²) >= 11 is 1.12. The summed E-state index contributed by atoms with van der Waals surface area (Å²) in [4.78, 5) is 29.8. The van der Waals surface area contributed by atoms with Crippen LogP contribution in [0.2, 0.25) is 0 Å². The van der Waals surface area contributed by atoms with Crippen LogP contribution in [0, 0.1) is 0 Å². The number of Topliss-reactive ketones (excluding diaryl/α,β-unsaturated/α-hetero) is 1. The molecule has 1 amide bonds. The first kappa shape index (κ1) is 29.9. The number of nitrogens with one attached hydrogen (secondary N) is 1. The highest BCUT2D eigenvalue weighted by molar-refractivity contribution is 8.18. The van der Waals surface area contributed by atoms with Crippen LogP contribution in [0.1, 0.15) is 46.5 Å². The van der Waals surface area contributed by atoms with E-state index in [0.29, 0.717) is 17.5 Å². The van der Waals surface area contributed by atoms with Crippen LogP contribution in [0.25, 0.3) is 6.08 Å². The average molecular weight is 546 g/mol. The Morgan fingerprint density at radius 1 is 1.05 bits per heavy atom. The Morgan fingerprint density at radius 3 is 2.19 bits per heavy atom. The Morgan fingerprint density at radius 2 is 1.70 bits per heavy atom. The van der Waals surface area contributed by atoms with Crippen molar-refractivity contribution in [2.75, 3.05) is 26.0 Å². The zero-order valence-electron chi connectivity index (χ0n) is 20.6. The molecule has 200 valence electrons. The van der Waals surface area contributed by atoms with Gasteiger partial charge in [-0.05, 0) is 66.6 Å². The molecule has 0 bridgehead atoms. The normalized spacial score (nSPS) is 15.9. The number of amides is 1. The van der Waals surface area contributed by atoms with Gasteiger partial charge in [0.05, 0.1) is 16.0 Å². The minimum atomic E-state index is -4.76. The predicted octanol–water partition coefficient (Wildman–Crippen LogP) is 7.07.